The largest absolute Gasteiger partial charge is 0.355 e. The highest BCUT2D eigenvalue weighted by molar-refractivity contribution is 5.55. The Balaban J connectivity index is 1.75. The van der Waals surface area contributed by atoms with E-state index in [4.69, 9.17) is 9.97 Å². The summed E-state index contributed by atoms with van der Waals surface area (Å²) >= 11 is 0. The zero-order chi connectivity index (χ0) is 13.9. The lowest BCUT2D eigenvalue weighted by Crippen LogP contribution is -2.28. The summed E-state index contributed by atoms with van der Waals surface area (Å²) in [5.41, 5.74) is 3.31. The zero-order valence-corrected chi connectivity index (χ0v) is 12.8. The van der Waals surface area contributed by atoms with Crippen LogP contribution in [0.2, 0.25) is 0 Å². The Bertz CT molecular complexity index is 554. The smallest absolute Gasteiger partial charge is 0.227 e. The molecule has 108 valence electrons. The minimum Gasteiger partial charge on any atom is -0.355 e. The van der Waals surface area contributed by atoms with E-state index in [0.29, 0.717) is 5.41 Å². The molecule has 4 heteroatoms. The summed E-state index contributed by atoms with van der Waals surface area (Å²) in [7, 11) is 4.08. The number of aromatic nitrogens is 2. The fourth-order valence-electron chi connectivity index (χ4n) is 3.93. The summed E-state index contributed by atoms with van der Waals surface area (Å²) < 4.78 is 0. The van der Waals surface area contributed by atoms with Crippen LogP contribution in [0.25, 0.3) is 0 Å². The predicted octanol–water partition coefficient (Wildman–Crippen LogP) is 2.27. The fraction of sp³-hybridized carbons (Fsp3) is 0.750. The highest BCUT2D eigenvalue weighted by Gasteiger charge is 2.56. The molecule has 1 aliphatic heterocycles. The molecule has 20 heavy (non-hydrogen) atoms. The zero-order valence-electron chi connectivity index (χ0n) is 12.8. The van der Waals surface area contributed by atoms with Gasteiger partial charge in [-0.15, -0.1) is 0 Å². The second-order valence-electron chi connectivity index (χ2n) is 7.31. The standard InChI is InChI=1S/C16H24N4/c1-16-8-11(16)9-20(10-16)14-12-6-4-5-7-13(12)17-15(18-14)19(2)3/h11H,4-10H2,1-3H3. The number of piperidine rings is 1. The van der Waals surface area contributed by atoms with Crippen LogP contribution in [0, 0.1) is 11.3 Å². The van der Waals surface area contributed by atoms with E-state index < -0.39 is 0 Å². The normalized spacial score (nSPS) is 30.9. The van der Waals surface area contributed by atoms with Gasteiger partial charge < -0.3 is 9.80 Å². The Morgan fingerprint density at radius 2 is 2.00 bits per heavy atom. The monoisotopic (exact) mass is 272 g/mol. The van der Waals surface area contributed by atoms with E-state index in [1.54, 1.807) is 0 Å². The fourth-order valence-corrected chi connectivity index (χ4v) is 3.93. The van der Waals surface area contributed by atoms with Gasteiger partial charge in [0.25, 0.3) is 0 Å². The van der Waals surface area contributed by atoms with E-state index >= 15 is 0 Å². The molecule has 2 aliphatic carbocycles. The van der Waals surface area contributed by atoms with Gasteiger partial charge in [-0.25, -0.2) is 4.98 Å². The number of anilines is 2. The maximum Gasteiger partial charge on any atom is 0.227 e. The van der Waals surface area contributed by atoms with Crippen LogP contribution in [0.4, 0.5) is 11.8 Å². The van der Waals surface area contributed by atoms with Gasteiger partial charge in [-0.3, -0.25) is 0 Å². The molecule has 0 N–H and O–H groups in total. The second kappa shape index (κ2) is 4.09. The third-order valence-electron chi connectivity index (χ3n) is 5.38. The van der Waals surface area contributed by atoms with Crippen molar-refractivity contribution in [3.63, 3.8) is 0 Å². The molecule has 4 rings (SSSR count). The van der Waals surface area contributed by atoms with E-state index in [1.165, 1.54) is 49.4 Å². The Morgan fingerprint density at radius 1 is 1.20 bits per heavy atom. The van der Waals surface area contributed by atoms with Crippen LogP contribution in [0.1, 0.15) is 37.4 Å². The molecule has 0 bridgehead atoms. The summed E-state index contributed by atoms with van der Waals surface area (Å²) in [5, 5.41) is 0. The molecule has 0 radical (unpaired) electrons. The lowest BCUT2D eigenvalue weighted by Gasteiger charge is -2.28. The number of hydrogen-bond donors (Lipinski definition) is 0. The third-order valence-corrected chi connectivity index (χ3v) is 5.38. The minimum atomic E-state index is 0.574. The first kappa shape index (κ1) is 12.4. The van der Waals surface area contributed by atoms with Gasteiger partial charge in [0.2, 0.25) is 5.95 Å². The van der Waals surface area contributed by atoms with Gasteiger partial charge in [0.05, 0.1) is 5.69 Å². The number of fused-ring (bicyclic) bond motifs is 2. The van der Waals surface area contributed by atoms with Crippen molar-refractivity contribution in [2.45, 2.75) is 39.0 Å². The van der Waals surface area contributed by atoms with E-state index in [2.05, 4.69) is 11.8 Å². The van der Waals surface area contributed by atoms with E-state index in [0.717, 1.165) is 24.7 Å². The van der Waals surface area contributed by atoms with Crippen LogP contribution in [0.3, 0.4) is 0 Å². The quantitative estimate of drug-likeness (QED) is 0.826. The number of hydrogen-bond acceptors (Lipinski definition) is 4. The van der Waals surface area contributed by atoms with Crippen LogP contribution >= 0.6 is 0 Å². The molecule has 4 nitrogen and oxygen atoms in total. The molecule has 2 fully saturated rings. The van der Waals surface area contributed by atoms with Gasteiger partial charge in [-0.05, 0) is 43.4 Å². The van der Waals surface area contributed by atoms with Crippen molar-refractivity contribution in [2.75, 3.05) is 37.0 Å². The molecule has 3 aliphatic rings. The molecule has 1 aromatic heterocycles. The van der Waals surface area contributed by atoms with Gasteiger partial charge in [0, 0.05) is 32.7 Å². The highest BCUT2D eigenvalue weighted by atomic mass is 15.3. The maximum atomic E-state index is 4.89. The Hall–Kier alpha value is -1.32. The van der Waals surface area contributed by atoms with Crippen molar-refractivity contribution < 1.29 is 0 Å². The van der Waals surface area contributed by atoms with E-state index in [9.17, 15) is 0 Å². The molecular formula is C16H24N4. The van der Waals surface area contributed by atoms with Crippen LogP contribution < -0.4 is 9.80 Å². The van der Waals surface area contributed by atoms with Gasteiger partial charge in [0.15, 0.2) is 0 Å². The molecule has 2 atom stereocenters. The predicted molar refractivity (Wildman–Crippen MR) is 81.4 cm³/mol. The van der Waals surface area contributed by atoms with Crippen LogP contribution in [-0.4, -0.2) is 37.2 Å². The average Bonchev–Trinajstić information content (AvgIpc) is 2.95. The number of rotatable bonds is 2. The van der Waals surface area contributed by atoms with Crippen LogP contribution in [-0.2, 0) is 12.8 Å². The van der Waals surface area contributed by atoms with Crippen molar-refractivity contribution in [2.24, 2.45) is 11.3 Å². The minimum absolute atomic E-state index is 0.574. The third kappa shape index (κ3) is 1.80. The van der Waals surface area contributed by atoms with Crippen molar-refractivity contribution >= 4 is 11.8 Å². The first-order valence-corrected chi connectivity index (χ1v) is 7.89. The Labute approximate surface area is 121 Å². The summed E-state index contributed by atoms with van der Waals surface area (Å²) in [6, 6.07) is 0. The van der Waals surface area contributed by atoms with Crippen LogP contribution in [0.15, 0.2) is 0 Å². The molecule has 2 heterocycles. The molecule has 0 amide bonds. The van der Waals surface area contributed by atoms with Gasteiger partial charge in [-0.2, -0.15) is 4.98 Å². The molecule has 2 unspecified atom stereocenters. The van der Waals surface area contributed by atoms with Crippen molar-refractivity contribution in [3.05, 3.63) is 11.3 Å². The van der Waals surface area contributed by atoms with Gasteiger partial charge >= 0.3 is 0 Å². The molecule has 1 saturated carbocycles. The van der Waals surface area contributed by atoms with Crippen molar-refractivity contribution in [1.29, 1.82) is 0 Å². The average molecular weight is 272 g/mol. The summed E-state index contributed by atoms with van der Waals surface area (Å²) in [5.74, 6) is 3.03. The number of aryl methyl sites for hydroxylation is 1. The number of nitrogens with zero attached hydrogens (tertiary/aromatic N) is 4. The SMILES string of the molecule is CN(C)c1nc2c(c(N3CC4CC4(C)C3)n1)CCCC2. The van der Waals surface area contributed by atoms with Crippen molar-refractivity contribution in [3.8, 4) is 0 Å². The topological polar surface area (TPSA) is 32.3 Å². The van der Waals surface area contributed by atoms with Crippen molar-refractivity contribution in [1.82, 2.24) is 9.97 Å². The molecule has 1 saturated heterocycles. The lowest BCUT2D eigenvalue weighted by atomic mass is 9.96. The Kier molecular flexibility index (Phi) is 2.54. The second-order valence-corrected chi connectivity index (χ2v) is 7.31. The first-order valence-electron chi connectivity index (χ1n) is 7.89. The van der Waals surface area contributed by atoms with Gasteiger partial charge in [0.1, 0.15) is 5.82 Å². The first-order chi connectivity index (χ1) is 9.57. The molecule has 1 aromatic rings. The summed E-state index contributed by atoms with van der Waals surface area (Å²) in [4.78, 5) is 14.2. The van der Waals surface area contributed by atoms with E-state index in [1.807, 2.05) is 19.0 Å². The van der Waals surface area contributed by atoms with E-state index in [-0.39, 0.29) is 0 Å². The maximum absolute atomic E-state index is 4.89. The molecular weight excluding hydrogens is 248 g/mol. The molecule has 0 aromatic carbocycles. The summed E-state index contributed by atoms with van der Waals surface area (Å²) in [6.45, 7) is 4.82. The highest BCUT2D eigenvalue weighted by Crippen LogP contribution is 2.58. The Morgan fingerprint density at radius 3 is 2.70 bits per heavy atom. The van der Waals surface area contributed by atoms with Crippen LogP contribution in [0.5, 0.6) is 0 Å². The van der Waals surface area contributed by atoms with Gasteiger partial charge in [-0.1, -0.05) is 6.92 Å². The molecule has 0 spiro atoms. The lowest BCUT2D eigenvalue weighted by molar-refractivity contribution is 0.592. The summed E-state index contributed by atoms with van der Waals surface area (Å²) in [6.07, 6.45) is 6.27.